The van der Waals surface area contributed by atoms with Crippen LogP contribution < -0.4 is 5.32 Å². The molecule has 0 radical (unpaired) electrons. The van der Waals surface area contributed by atoms with Gasteiger partial charge < -0.3 is 15.0 Å². The topological polar surface area (TPSA) is 82.4 Å². The molecule has 1 saturated heterocycles. The van der Waals surface area contributed by atoms with Crippen LogP contribution in [0.2, 0.25) is 0 Å². The van der Waals surface area contributed by atoms with Crippen molar-refractivity contribution in [2.24, 2.45) is 5.41 Å². The Hall–Kier alpha value is -1.68. The van der Waals surface area contributed by atoms with Gasteiger partial charge in [0, 0.05) is 12.0 Å². The molecule has 25 heavy (non-hydrogen) atoms. The van der Waals surface area contributed by atoms with Crippen LogP contribution in [0, 0.1) is 16.7 Å². The van der Waals surface area contributed by atoms with Crippen LogP contribution in [0.15, 0.2) is 0 Å². The number of alkyl halides is 1. The molecule has 1 heterocycles. The van der Waals surface area contributed by atoms with Crippen molar-refractivity contribution in [2.45, 2.75) is 69.6 Å². The van der Waals surface area contributed by atoms with Crippen LogP contribution in [0.4, 0.5) is 4.39 Å². The van der Waals surface area contributed by atoms with Gasteiger partial charge in [-0.05, 0) is 45.4 Å². The van der Waals surface area contributed by atoms with E-state index >= 15 is 0 Å². The van der Waals surface area contributed by atoms with Gasteiger partial charge in [0.15, 0.2) is 0 Å². The Balaban J connectivity index is 1.55. The molecule has 2 bridgehead atoms. The Morgan fingerprint density at radius 1 is 1.28 bits per heavy atom. The van der Waals surface area contributed by atoms with Gasteiger partial charge in [-0.3, -0.25) is 9.59 Å². The quantitative estimate of drug-likeness (QED) is 0.762. The average Bonchev–Trinajstić information content (AvgIpc) is 3.02. The van der Waals surface area contributed by atoms with E-state index in [0.29, 0.717) is 6.61 Å². The van der Waals surface area contributed by atoms with E-state index in [9.17, 15) is 14.0 Å². The second kappa shape index (κ2) is 6.91. The number of nitriles is 1. The van der Waals surface area contributed by atoms with Crippen molar-refractivity contribution >= 4 is 11.9 Å². The lowest BCUT2D eigenvalue weighted by molar-refractivity contribution is -0.163. The second-order valence-corrected chi connectivity index (χ2v) is 7.66. The lowest BCUT2D eigenvalue weighted by Crippen LogP contribution is -2.58. The monoisotopic (exact) mass is 351 g/mol. The number of esters is 1. The van der Waals surface area contributed by atoms with E-state index in [1.54, 1.807) is 0 Å². The third kappa shape index (κ3) is 3.37. The molecular formula is C18H26FN3O3. The standard InChI is InChI=1S/C18H26FN3O3/c1-2-25-16(24)17-3-6-18(7-4-17,8-5-17)21-11-15(23)22-12-13(19)9-14(22)10-20/h13-14,21H,2-9,11-12H2,1H3. The highest BCUT2D eigenvalue weighted by Crippen LogP contribution is 2.52. The molecule has 4 fully saturated rings. The Bertz CT molecular complexity index is 564. The normalized spacial score (nSPS) is 36.9. The fourth-order valence-electron chi connectivity index (χ4n) is 4.59. The van der Waals surface area contributed by atoms with Gasteiger partial charge in [-0.25, -0.2) is 4.39 Å². The van der Waals surface area contributed by atoms with Crippen LogP contribution in [0.25, 0.3) is 0 Å². The SMILES string of the molecule is CCOC(=O)C12CCC(NCC(=O)N3CC(F)CC3C#N)(CC1)CC2. The van der Waals surface area contributed by atoms with Crippen LogP contribution in [0.3, 0.4) is 0 Å². The van der Waals surface area contributed by atoms with Crippen LogP contribution in [-0.2, 0) is 14.3 Å². The first kappa shape index (κ1) is 18.1. The molecule has 1 N–H and O–H groups in total. The number of nitrogens with zero attached hydrogens (tertiary/aromatic N) is 2. The summed E-state index contributed by atoms with van der Waals surface area (Å²) < 4.78 is 18.7. The van der Waals surface area contributed by atoms with E-state index < -0.39 is 12.2 Å². The summed E-state index contributed by atoms with van der Waals surface area (Å²) >= 11 is 0. The number of nitrogens with one attached hydrogen (secondary N) is 1. The van der Waals surface area contributed by atoms with E-state index in [1.807, 2.05) is 13.0 Å². The first-order valence-corrected chi connectivity index (χ1v) is 9.19. The molecular weight excluding hydrogens is 325 g/mol. The molecule has 2 atom stereocenters. The Labute approximate surface area is 147 Å². The molecule has 4 rings (SSSR count). The predicted octanol–water partition coefficient (Wildman–Crippen LogP) is 1.69. The first-order chi connectivity index (χ1) is 11.9. The number of hydrogen-bond donors (Lipinski definition) is 1. The Morgan fingerprint density at radius 3 is 2.48 bits per heavy atom. The van der Waals surface area contributed by atoms with Crippen molar-refractivity contribution in [2.75, 3.05) is 19.7 Å². The number of likely N-dealkylation sites (tertiary alicyclic amines) is 1. The zero-order valence-corrected chi connectivity index (χ0v) is 14.7. The summed E-state index contributed by atoms with van der Waals surface area (Å²) in [5, 5.41) is 12.4. The summed E-state index contributed by atoms with van der Waals surface area (Å²) in [4.78, 5) is 26.0. The number of halogens is 1. The number of fused-ring (bicyclic) bond motifs is 3. The molecule has 0 aromatic heterocycles. The highest BCUT2D eigenvalue weighted by Gasteiger charge is 2.53. The second-order valence-electron chi connectivity index (χ2n) is 7.66. The van der Waals surface area contributed by atoms with Gasteiger partial charge in [-0.1, -0.05) is 0 Å². The lowest BCUT2D eigenvalue weighted by atomic mass is 9.57. The van der Waals surface area contributed by atoms with Gasteiger partial charge in [0.05, 0.1) is 31.2 Å². The van der Waals surface area contributed by atoms with E-state index in [-0.39, 0.29) is 42.3 Å². The smallest absolute Gasteiger partial charge is 0.312 e. The van der Waals surface area contributed by atoms with Crippen molar-refractivity contribution in [3.63, 3.8) is 0 Å². The highest BCUT2D eigenvalue weighted by molar-refractivity contribution is 5.80. The van der Waals surface area contributed by atoms with Crippen molar-refractivity contribution in [1.82, 2.24) is 10.2 Å². The molecule has 3 saturated carbocycles. The van der Waals surface area contributed by atoms with Gasteiger partial charge in [0.25, 0.3) is 0 Å². The fraction of sp³-hybridized carbons (Fsp3) is 0.833. The molecule has 0 aromatic carbocycles. The van der Waals surface area contributed by atoms with Gasteiger partial charge >= 0.3 is 5.97 Å². The largest absolute Gasteiger partial charge is 0.466 e. The van der Waals surface area contributed by atoms with Crippen LogP contribution in [0.5, 0.6) is 0 Å². The Morgan fingerprint density at radius 2 is 1.92 bits per heavy atom. The minimum absolute atomic E-state index is 0.0116. The summed E-state index contributed by atoms with van der Waals surface area (Å²) in [6, 6.07) is 1.35. The lowest BCUT2D eigenvalue weighted by Gasteiger charge is -2.52. The summed E-state index contributed by atoms with van der Waals surface area (Å²) in [6.07, 6.45) is 3.86. The van der Waals surface area contributed by atoms with Crippen molar-refractivity contribution in [3.8, 4) is 6.07 Å². The van der Waals surface area contributed by atoms with Gasteiger partial charge in [0.1, 0.15) is 12.2 Å². The zero-order valence-electron chi connectivity index (χ0n) is 14.7. The maximum Gasteiger partial charge on any atom is 0.312 e. The zero-order chi connectivity index (χ0) is 18.1. The maximum absolute atomic E-state index is 13.5. The molecule has 138 valence electrons. The number of carbonyl (C=O) groups excluding carboxylic acids is 2. The summed E-state index contributed by atoms with van der Waals surface area (Å²) in [6.45, 7) is 2.37. The molecule has 0 spiro atoms. The van der Waals surface area contributed by atoms with Crippen LogP contribution in [0.1, 0.15) is 51.9 Å². The third-order valence-electron chi connectivity index (χ3n) is 6.29. The number of rotatable bonds is 5. The van der Waals surface area contributed by atoms with Crippen molar-refractivity contribution in [1.29, 1.82) is 5.26 Å². The van der Waals surface area contributed by atoms with Crippen LogP contribution >= 0.6 is 0 Å². The number of amides is 1. The molecule has 3 aliphatic carbocycles. The average molecular weight is 351 g/mol. The molecule has 1 aliphatic heterocycles. The van der Waals surface area contributed by atoms with E-state index in [2.05, 4.69) is 5.32 Å². The summed E-state index contributed by atoms with van der Waals surface area (Å²) in [7, 11) is 0. The summed E-state index contributed by atoms with van der Waals surface area (Å²) in [5.41, 5.74) is -0.466. The molecule has 2 unspecified atom stereocenters. The van der Waals surface area contributed by atoms with E-state index in [1.165, 1.54) is 4.90 Å². The predicted molar refractivity (Wildman–Crippen MR) is 88.1 cm³/mol. The number of ether oxygens (including phenoxy) is 1. The fourth-order valence-corrected chi connectivity index (χ4v) is 4.59. The van der Waals surface area contributed by atoms with E-state index in [0.717, 1.165) is 38.5 Å². The van der Waals surface area contributed by atoms with Crippen LogP contribution in [-0.4, -0.2) is 54.2 Å². The maximum atomic E-state index is 13.5. The first-order valence-electron chi connectivity index (χ1n) is 9.19. The number of carbonyl (C=O) groups is 2. The van der Waals surface area contributed by atoms with Gasteiger partial charge in [0.2, 0.25) is 5.91 Å². The molecule has 7 heteroatoms. The van der Waals surface area contributed by atoms with Crippen molar-refractivity contribution < 1.29 is 18.7 Å². The molecule has 4 aliphatic rings. The molecule has 0 aromatic rings. The molecule has 1 amide bonds. The summed E-state index contributed by atoms with van der Waals surface area (Å²) in [5.74, 6) is -0.295. The van der Waals surface area contributed by atoms with E-state index in [4.69, 9.17) is 10.00 Å². The Kier molecular flexibility index (Phi) is 5.01. The highest BCUT2D eigenvalue weighted by atomic mass is 19.1. The molecule has 6 nitrogen and oxygen atoms in total. The van der Waals surface area contributed by atoms with Gasteiger partial charge in [-0.15, -0.1) is 0 Å². The number of hydrogen-bond acceptors (Lipinski definition) is 5. The minimum atomic E-state index is -1.11. The third-order valence-corrected chi connectivity index (χ3v) is 6.29. The minimum Gasteiger partial charge on any atom is -0.466 e. The van der Waals surface area contributed by atoms with Gasteiger partial charge in [-0.2, -0.15) is 5.26 Å². The van der Waals surface area contributed by atoms with Crippen molar-refractivity contribution in [3.05, 3.63) is 0 Å².